The number of rotatable bonds is 2. The van der Waals surface area contributed by atoms with Gasteiger partial charge in [0.1, 0.15) is 5.75 Å². The van der Waals surface area contributed by atoms with E-state index in [1.807, 2.05) is 42.6 Å². The van der Waals surface area contributed by atoms with E-state index in [9.17, 15) is 13.5 Å². The molecule has 1 atom stereocenters. The van der Waals surface area contributed by atoms with Gasteiger partial charge < -0.3 is 5.11 Å². The fourth-order valence-corrected chi connectivity index (χ4v) is 5.79. The van der Waals surface area contributed by atoms with Gasteiger partial charge in [0.25, 0.3) is 10.0 Å². The summed E-state index contributed by atoms with van der Waals surface area (Å²) < 4.78 is 27.9. The minimum absolute atomic E-state index is 0.0437. The van der Waals surface area contributed by atoms with Gasteiger partial charge in [-0.05, 0) is 53.8 Å². The van der Waals surface area contributed by atoms with Crippen LogP contribution in [0, 0.1) is 0 Å². The first kappa shape index (κ1) is 15.2. The summed E-state index contributed by atoms with van der Waals surface area (Å²) in [5.41, 5.74) is 2.79. The average molecular weight is 357 g/mol. The molecule has 1 aliphatic rings. The summed E-state index contributed by atoms with van der Waals surface area (Å²) in [6.45, 7) is 1.90. The second kappa shape index (κ2) is 5.36. The summed E-state index contributed by atoms with van der Waals surface area (Å²) in [5.74, 6) is 0.0437. The summed E-state index contributed by atoms with van der Waals surface area (Å²) in [5, 5.41) is 11.3. The van der Waals surface area contributed by atoms with Gasteiger partial charge in [0.15, 0.2) is 0 Å². The van der Waals surface area contributed by atoms with Gasteiger partial charge in [-0.15, -0.1) is 11.3 Å². The maximum Gasteiger partial charge on any atom is 0.264 e. The number of hydrogen-bond acceptors (Lipinski definition) is 4. The lowest BCUT2D eigenvalue weighted by molar-refractivity contribution is 0.474. The topological polar surface area (TPSA) is 57.6 Å². The number of benzene rings is 2. The molecule has 2 heterocycles. The van der Waals surface area contributed by atoms with E-state index >= 15 is 0 Å². The van der Waals surface area contributed by atoms with Crippen LogP contribution in [0.5, 0.6) is 5.75 Å². The van der Waals surface area contributed by atoms with E-state index in [-0.39, 0.29) is 16.7 Å². The molecule has 122 valence electrons. The van der Waals surface area contributed by atoms with Gasteiger partial charge in [-0.3, -0.25) is 4.31 Å². The Morgan fingerprint density at radius 2 is 1.75 bits per heavy atom. The molecule has 24 heavy (non-hydrogen) atoms. The molecule has 0 amide bonds. The predicted octanol–water partition coefficient (Wildman–Crippen LogP) is 4.39. The number of phenols is 1. The van der Waals surface area contributed by atoms with E-state index in [4.69, 9.17) is 0 Å². The molecule has 0 aliphatic carbocycles. The Bertz CT molecular complexity index is 1010. The van der Waals surface area contributed by atoms with Crippen LogP contribution in [0.1, 0.15) is 18.5 Å². The summed E-state index contributed by atoms with van der Waals surface area (Å²) >= 11 is 1.54. The molecule has 1 unspecified atom stereocenters. The Hall–Kier alpha value is -2.31. The van der Waals surface area contributed by atoms with Crippen LogP contribution < -0.4 is 4.31 Å². The van der Waals surface area contributed by atoms with Gasteiger partial charge in [-0.2, -0.15) is 0 Å². The molecule has 6 heteroatoms. The monoisotopic (exact) mass is 357 g/mol. The molecule has 0 saturated heterocycles. The van der Waals surface area contributed by atoms with Crippen LogP contribution in [0.3, 0.4) is 0 Å². The first-order valence-corrected chi connectivity index (χ1v) is 9.82. The molecule has 0 bridgehead atoms. The molecule has 1 aromatic heterocycles. The predicted molar refractivity (Wildman–Crippen MR) is 95.9 cm³/mol. The van der Waals surface area contributed by atoms with E-state index in [1.54, 1.807) is 11.3 Å². The fourth-order valence-electron chi connectivity index (χ4n) is 3.15. The summed E-state index contributed by atoms with van der Waals surface area (Å²) in [7, 11) is -3.73. The van der Waals surface area contributed by atoms with Gasteiger partial charge in [-0.25, -0.2) is 8.42 Å². The zero-order valence-corrected chi connectivity index (χ0v) is 14.5. The molecule has 4 rings (SSSR count). The first-order valence-electron chi connectivity index (χ1n) is 7.50. The van der Waals surface area contributed by atoms with Crippen LogP contribution in [-0.4, -0.2) is 13.5 Å². The zero-order valence-electron chi connectivity index (χ0n) is 12.9. The standard InChI is InChI=1S/C18H15NO3S2/c1-12-15-4-2-3-5-16(15)18-17(10-11-23-18)19(12)24(21,22)14-8-6-13(20)7-9-14/h2-12,20H,1H3. The highest BCUT2D eigenvalue weighted by Crippen LogP contribution is 2.49. The smallest absolute Gasteiger partial charge is 0.264 e. The molecule has 0 spiro atoms. The van der Waals surface area contributed by atoms with Crippen molar-refractivity contribution in [2.45, 2.75) is 17.9 Å². The quantitative estimate of drug-likeness (QED) is 0.740. The highest BCUT2D eigenvalue weighted by molar-refractivity contribution is 7.92. The minimum atomic E-state index is -3.73. The van der Waals surface area contributed by atoms with Crippen molar-refractivity contribution >= 4 is 27.0 Å². The van der Waals surface area contributed by atoms with Crippen LogP contribution in [-0.2, 0) is 10.0 Å². The number of fused-ring (bicyclic) bond motifs is 3. The fraction of sp³-hybridized carbons (Fsp3) is 0.111. The van der Waals surface area contributed by atoms with Gasteiger partial charge in [-0.1, -0.05) is 24.3 Å². The Morgan fingerprint density at radius 3 is 2.50 bits per heavy atom. The van der Waals surface area contributed by atoms with E-state index < -0.39 is 10.0 Å². The highest BCUT2D eigenvalue weighted by Gasteiger charge is 2.37. The van der Waals surface area contributed by atoms with Crippen molar-refractivity contribution in [3.63, 3.8) is 0 Å². The highest BCUT2D eigenvalue weighted by atomic mass is 32.2. The summed E-state index contributed by atoms with van der Waals surface area (Å²) in [4.78, 5) is 1.13. The van der Waals surface area contributed by atoms with E-state index in [0.717, 1.165) is 16.0 Å². The van der Waals surface area contributed by atoms with Crippen molar-refractivity contribution in [3.8, 4) is 16.2 Å². The third-order valence-corrected chi connectivity index (χ3v) is 7.12. The number of hydrogen-bond donors (Lipinski definition) is 1. The number of nitrogens with zero attached hydrogens (tertiary/aromatic N) is 1. The second-order valence-electron chi connectivity index (χ2n) is 5.69. The Morgan fingerprint density at radius 1 is 1.04 bits per heavy atom. The SMILES string of the molecule is CC1c2ccccc2-c2sccc2N1S(=O)(=O)c1ccc(O)cc1. The Kier molecular flexibility index (Phi) is 3.40. The molecular weight excluding hydrogens is 342 g/mol. The molecule has 1 aliphatic heterocycles. The summed E-state index contributed by atoms with van der Waals surface area (Å²) in [6, 6.07) is 15.1. The van der Waals surface area contributed by atoms with E-state index in [1.165, 1.54) is 28.6 Å². The molecule has 0 fully saturated rings. The number of thiophene rings is 1. The number of sulfonamides is 1. The lowest BCUT2D eigenvalue weighted by Crippen LogP contribution is -2.35. The van der Waals surface area contributed by atoms with Crippen LogP contribution in [0.4, 0.5) is 5.69 Å². The van der Waals surface area contributed by atoms with Gasteiger partial charge in [0.2, 0.25) is 0 Å². The van der Waals surface area contributed by atoms with Gasteiger partial charge >= 0.3 is 0 Å². The van der Waals surface area contributed by atoms with Crippen LogP contribution in [0.15, 0.2) is 64.9 Å². The van der Waals surface area contributed by atoms with Crippen LogP contribution in [0.2, 0.25) is 0 Å². The molecule has 2 aromatic carbocycles. The van der Waals surface area contributed by atoms with Crippen LogP contribution >= 0.6 is 11.3 Å². The number of phenolic OH excluding ortho intramolecular Hbond substituents is 1. The van der Waals surface area contributed by atoms with Crippen LogP contribution in [0.25, 0.3) is 10.4 Å². The van der Waals surface area contributed by atoms with Crippen molar-refractivity contribution in [3.05, 3.63) is 65.5 Å². The largest absolute Gasteiger partial charge is 0.508 e. The van der Waals surface area contributed by atoms with Crippen molar-refractivity contribution in [2.24, 2.45) is 0 Å². The first-order chi connectivity index (χ1) is 11.5. The Labute approximate surface area is 144 Å². The number of anilines is 1. The van der Waals surface area contributed by atoms with Crippen molar-refractivity contribution < 1.29 is 13.5 Å². The molecular formula is C18H15NO3S2. The van der Waals surface area contributed by atoms with Gasteiger partial charge in [0.05, 0.1) is 21.5 Å². The Balaban J connectivity index is 1.92. The van der Waals surface area contributed by atoms with E-state index in [0.29, 0.717) is 5.69 Å². The average Bonchev–Trinajstić information content (AvgIpc) is 3.04. The third-order valence-electron chi connectivity index (χ3n) is 4.28. The maximum absolute atomic E-state index is 13.2. The van der Waals surface area contributed by atoms with Crippen molar-refractivity contribution in [2.75, 3.05) is 4.31 Å². The zero-order chi connectivity index (χ0) is 16.9. The third kappa shape index (κ3) is 2.14. The number of aromatic hydroxyl groups is 1. The molecule has 4 nitrogen and oxygen atoms in total. The van der Waals surface area contributed by atoms with Crippen molar-refractivity contribution in [1.82, 2.24) is 0 Å². The van der Waals surface area contributed by atoms with Crippen molar-refractivity contribution in [1.29, 1.82) is 0 Å². The minimum Gasteiger partial charge on any atom is -0.508 e. The second-order valence-corrected chi connectivity index (χ2v) is 8.42. The molecule has 3 aromatic rings. The molecule has 0 saturated carbocycles. The normalized spacial score (nSPS) is 16.5. The van der Waals surface area contributed by atoms with E-state index in [2.05, 4.69) is 0 Å². The summed E-state index contributed by atoms with van der Waals surface area (Å²) in [6.07, 6.45) is 0. The maximum atomic E-state index is 13.2. The molecule has 0 radical (unpaired) electrons. The van der Waals surface area contributed by atoms with Gasteiger partial charge in [0, 0.05) is 0 Å². The lowest BCUT2D eigenvalue weighted by Gasteiger charge is -2.35. The molecule has 1 N–H and O–H groups in total. The lowest BCUT2D eigenvalue weighted by atomic mass is 9.96.